The summed E-state index contributed by atoms with van der Waals surface area (Å²) in [5.41, 5.74) is 0.537. The highest BCUT2D eigenvalue weighted by Gasteiger charge is 2.32. The second kappa shape index (κ2) is 5.66. The van der Waals surface area contributed by atoms with Gasteiger partial charge < -0.3 is 15.3 Å². The van der Waals surface area contributed by atoms with Gasteiger partial charge in [0.25, 0.3) is 5.91 Å². The minimum atomic E-state index is -0.971. The van der Waals surface area contributed by atoms with E-state index in [4.69, 9.17) is 5.11 Å². The number of piperazine rings is 1. The highest BCUT2D eigenvalue weighted by molar-refractivity contribution is 14.1. The van der Waals surface area contributed by atoms with E-state index in [-0.39, 0.29) is 5.91 Å². The van der Waals surface area contributed by atoms with Crippen molar-refractivity contribution in [2.45, 2.75) is 6.04 Å². The average molecular weight is 360 g/mol. The molecule has 1 aliphatic rings. The third-order valence-corrected chi connectivity index (χ3v) is 3.53. The number of halogens is 1. The van der Waals surface area contributed by atoms with Crippen LogP contribution in [0.1, 0.15) is 10.4 Å². The number of aliphatic carboxylic acids is 1. The van der Waals surface area contributed by atoms with Gasteiger partial charge in [0, 0.05) is 28.8 Å². The molecule has 18 heavy (non-hydrogen) atoms. The van der Waals surface area contributed by atoms with Crippen LogP contribution < -0.4 is 5.32 Å². The average Bonchev–Trinajstić information content (AvgIpc) is 2.38. The van der Waals surface area contributed by atoms with Crippen LogP contribution in [0.3, 0.4) is 0 Å². The van der Waals surface area contributed by atoms with Crippen LogP contribution in [0.2, 0.25) is 0 Å². The van der Waals surface area contributed by atoms with Crippen LogP contribution in [-0.4, -0.2) is 47.6 Å². The van der Waals surface area contributed by atoms with Gasteiger partial charge >= 0.3 is 5.97 Å². The molecule has 96 valence electrons. The molecule has 1 atom stereocenters. The van der Waals surface area contributed by atoms with Crippen molar-refractivity contribution in [1.29, 1.82) is 0 Å². The Hall–Kier alpha value is -1.15. The molecule has 6 heteroatoms. The Morgan fingerprint density at radius 2 is 2.22 bits per heavy atom. The smallest absolute Gasteiger partial charge is 0.327 e. The van der Waals surface area contributed by atoms with E-state index >= 15 is 0 Å². The molecule has 1 amide bonds. The topological polar surface area (TPSA) is 69.6 Å². The van der Waals surface area contributed by atoms with Gasteiger partial charge in [-0.15, -0.1) is 0 Å². The number of carboxylic acids is 1. The number of carbonyl (C=O) groups is 2. The molecular weight excluding hydrogens is 347 g/mol. The number of benzene rings is 1. The van der Waals surface area contributed by atoms with Gasteiger partial charge in [-0.05, 0) is 40.8 Å². The lowest BCUT2D eigenvalue weighted by Crippen LogP contribution is -2.56. The van der Waals surface area contributed by atoms with E-state index in [9.17, 15) is 9.59 Å². The van der Waals surface area contributed by atoms with E-state index in [0.717, 1.165) is 3.57 Å². The van der Waals surface area contributed by atoms with Crippen molar-refractivity contribution in [2.75, 3.05) is 19.6 Å². The van der Waals surface area contributed by atoms with Crippen LogP contribution in [0.15, 0.2) is 24.3 Å². The Kier molecular flexibility index (Phi) is 4.18. The lowest BCUT2D eigenvalue weighted by molar-refractivity contribution is -0.142. The van der Waals surface area contributed by atoms with E-state index in [2.05, 4.69) is 27.9 Å². The minimum Gasteiger partial charge on any atom is -0.480 e. The van der Waals surface area contributed by atoms with Crippen molar-refractivity contribution in [3.63, 3.8) is 0 Å². The standard InChI is InChI=1S/C12H13IN2O3/c13-9-3-1-2-8(6-9)11(16)15-5-4-14-7-10(15)12(17)18/h1-3,6,10,14H,4-5,7H2,(H,17,18). The predicted octanol–water partition coefficient (Wildman–Crippen LogP) is 0.790. The molecule has 1 fully saturated rings. The summed E-state index contributed by atoms with van der Waals surface area (Å²) in [6, 6.07) is 6.38. The van der Waals surface area contributed by atoms with Crippen LogP contribution in [0.4, 0.5) is 0 Å². The van der Waals surface area contributed by atoms with Crippen molar-refractivity contribution in [2.24, 2.45) is 0 Å². The maximum absolute atomic E-state index is 12.3. The zero-order chi connectivity index (χ0) is 13.1. The molecule has 1 aromatic carbocycles. The summed E-state index contributed by atoms with van der Waals surface area (Å²) in [7, 11) is 0. The van der Waals surface area contributed by atoms with Gasteiger partial charge in [-0.1, -0.05) is 6.07 Å². The number of rotatable bonds is 2. The van der Waals surface area contributed by atoms with Gasteiger partial charge in [-0.2, -0.15) is 0 Å². The molecule has 0 aliphatic carbocycles. The quantitative estimate of drug-likeness (QED) is 0.766. The molecule has 0 bridgehead atoms. The Labute approximate surface area is 118 Å². The van der Waals surface area contributed by atoms with Gasteiger partial charge in [0.15, 0.2) is 0 Å². The highest BCUT2D eigenvalue weighted by atomic mass is 127. The molecule has 5 nitrogen and oxygen atoms in total. The molecule has 2 N–H and O–H groups in total. The summed E-state index contributed by atoms with van der Waals surface area (Å²) >= 11 is 2.13. The first-order chi connectivity index (χ1) is 8.59. The van der Waals surface area contributed by atoms with Gasteiger partial charge in [-0.25, -0.2) is 4.79 Å². The first-order valence-corrected chi connectivity index (χ1v) is 6.67. The zero-order valence-electron chi connectivity index (χ0n) is 9.60. The number of carboxylic acid groups (broad SMARTS) is 1. The van der Waals surface area contributed by atoms with Crippen molar-refractivity contribution in [3.8, 4) is 0 Å². The number of carbonyl (C=O) groups excluding carboxylic acids is 1. The summed E-state index contributed by atoms with van der Waals surface area (Å²) < 4.78 is 0.959. The maximum Gasteiger partial charge on any atom is 0.327 e. The lowest BCUT2D eigenvalue weighted by Gasteiger charge is -2.33. The normalized spacial score (nSPS) is 19.6. The summed E-state index contributed by atoms with van der Waals surface area (Å²) in [6.07, 6.45) is 0. The third-order valence-electron chi connectivity index (χ3n) is 2.86. The zero-order valence-corrected chi connectivity index (χ0v) is 11.8. The van der Waals surface area contributed by atoms with E-state index < -0.39 is 12.0 Å². The molecule has 0 saturated carbocycles. The number of nitrogens with one attached hydrogen (secondary N) is 1. The fourth-order valence-electron chi connectivity index (χ4n) is 1.96. The highest BCUT2D eigenvalue weighted by Crippen LogP contribution is 2.13. The largest absolute Gasteiger partial charge is 0.480 e. The van der Waals surface area contributed by atoms with E-state index in [1.807, 2.05) is 6.07 Å². The second-order valence-corrected chi connectivity index (χ2v) is 5.31. The molecule has 1 aliphatic heterocycles. The van der Waals surface area contributed by atoms with Crippen LogP contribution in [0, 0.1) is 3.57 Å². The molecule has 0 radical (unpaired) electrons. The molecule has 0 spiro atoms. The minimum absolute atomic E-state index is 0.220. The van der Waals surface area contributed by atoms with Crippen LogP contribution in [-0.2, 0) is 4.79 Å². The number of hydrogen-bond acceptors (Lipinski definition) is 3. The molecule has 1 unspecified atom stereocenters. The first-order valence-electron chi connectivity index (χ1n) is 5.59. The molecule has 1 saturated heterocycles. The van der Waals surface area contributed by atoms with Crippen LogP contribution in [0.5, 0.6) is 0 Å². The fourth-order valence-corrected chi connectivity index (χ4v) is 2.50. The number of nitrogens with zero attached hydrogens (tertiary/aromatic N) is 1. The summed E-state index contributed by atoms with van der Waals surface area (Å²) in [6.45, 7) is 1.34. The molecule has 1 heterocycles. The second-order valence-electron chi connectivity index (χ2n) is 4.07. The molecular formula is C12H13IN2O3. The van der Waals surface area contributed by atoms with E-state index in [1.54, 1.807) is 18.2 Å². The Morgan fingerprint density at radius 1 is 1.44 bits per heavy atom. The van der Waals surface area contributed by atoms with Crippen molar-refractivity contribution >= 4 is 34.5 Å². The van der Waals surface area contributed by atoms with Crippen LogP contribution >= 0.6 is 22.6 Å². The number of hydrogen-bond donors (Lipinski definition) is 2. The van der Waals surface area contributed by atoms with Gasteiger partial charge in [0.05, 0.1) is 0 Å². The SMILES string of the molecule is O=C(O)C1CNCCN1C(=O)c1cccc(I)c1. The molecule has 1 aromatic rings. The lowest BCUT2D eigenvalue weighted by atomic mass is 10.1. The third kappa shape index (κ3) is 2.81. The molecule has 2 rings (SSSR count). The van der Waals surface area contributed by atoms with Crippen molar-refractivity contribution in [1.82, 2.24) is 10.2 Å². The summed E-state index contributed by atoms with van der Waals surface area (Å²) in [4.78, 5) is 24.9. The Balaban J connectivity index is 2.23. The van der Waals surface area contributed by atoms with Gasteiger partial charge in [0.2, 0.25) is 0 Å². The summed E-state index contributed by atoms with van der Waals surface area (Å²) in [5.74, 6) is -1.19. The number of amides is 1. The fraction of sp³-hybridized carbons (Fsp3) is 0.333. The first kappa shape index (κ1) is 13.3. The van der Waals surface area contributed by atoms with E-state index in [1.165, 1.54) is 4.90 Å². The van der Waals surface area contributed by atoms with Crippen LogP contribution in [0.25, 0.3) is 0 Å². The van der Waals surface area contributed by atoms with Crippen molar-refractivity contribution in [3.05, 3.63) is 33.4 Å². The molecule has 0 aromatic heterocycles. The monoisotopic (exact) mass is 360 g/mol. The van der Waals surface area contributed by atoms with Gasteiger partial charge in [0.1, 0.15) is 6.04 Å². The van der Waals surface area contributed by atoms with Crippen molar-refractivity contribution < 1.29 is 14.7 Å². The maximum atomic E-state index is 12.3. The predicted molar refractivity (Wildman–Crippen MR) is 74.5 cm³/mol. The van der Waals surface area contributed by atoms with Gasteiger partial charge in [-0.3, -0.25) is 4.79 Å². The Morgan fingerprint density at radius 3 is 2.89 bits per heavy atom. The van der Waals surface area contributed by atoms with E-state index in [0.29, 0.717) is 25.2 Å². The summed E-state index contributed by atoms with van der Waals surface area (Å²) in [5, 5.41) is 12.1. The Bertz CT molecular complexity index is 478.